The van der Waals surface area contributed by atoms with Gasteiger partial charge in [0.15, 0.2) is 5.78 Å². The lowest BCUT2D eigenvalue weighted by Crippen LogP contribution is -2.37. The topological polar surface area (TPSA) is 37.4 Å². The Kier molecular flexibility index (Phi) is 4.13. The Labute approximate surface area is 171 Å². The highest BCUT2D eigenvalue weighted by Crippen LogP contribution is 2.50. The lowest BCUT2D eigenvalue weighted by molar-refractivity contribution is -0.114. The Morgan fingerprint density at radius 2 is 1.62 bits per heavy atom. The highest BCUT2D eigenvalue weighted by Gasteiger charge is 2.50. The van der Waals surface area contributed by atoms with E-state index in [9.17, 15) is 9.59 Å². The normalized spacial score (nSPS) is 24.2. The van der Waals surface area contributed by atoms with E-state index in [4.69, 9.17) is 0 Å². The summed E-state index contributed by atoms with van der Waals surface area (Å²) in [6, 6.07) is 19.5. The summed E-state index contributed by atoms with van der Waals surface area (Å²) in [7, 11) is 0. The summed E-state index contributed by atoms with van der Waals surface area (Å²) in [4.78, 5) is 28.3. The van der Waals surface area contributed by atoms with Crippen molar-refractivity contribution >= 4 is 23.0 Å². The molecule has 2 aromatic carbocycles. The lowest BCUT2D eigenvalue weighted by Gasteiger charge is -2.29. The molecule has 1 aliphatic heterocycles. The first-order chi connectivity index (χ1) is 14.1. The Balaban J connectivity index is 1.79. The zero-order chi connectivity index (χ0) is 20.1. The maximum absolute atomic E-state index is 13.3. The summed E-state index contributed by atoms with van der Waals surface area (Å²) in [5, 5.41) is 0. The van der Waals surface area contributed by atoms with Gasteiger partial charge >= 0.3 is 0 Å². The summed E-state index contributed by atoms with van der Waals surface area (Å²) < 4.78 is 0. The number of amides is 1. The maximum Gasteiger partial charge on any atom is 0.254 e. The van der Waals surface area contributed by atoms with E-state index in [0.717, 1.165) is 40.8 Å². The SMILES string of the molecule is C=C1C(=O)N(c2ccccc2)[C@@H]2C3=C(c4ccccc4)C(=O)CC3=C(C)CC[C@@H]12. The molecule has 3 heteroatoms. The first-order valence-corrected chi connectivity index (χ1v) is 10.2. The molecule has 5 rings (SSSR count). The zero-order valence-corrected chi connectivity index (χ0v) is 16.5. The van der Waals surface area contributed by atoms with Crippen molar-refractivity contribution in [3.8, 4) is 0 Å². The smallest absolute Gasteiger partial charge is 0.254 e. The molecule has 0 aromatic heterocycles. The highest BCUT2D eigenvalue weighted by atomic mass is 16.2. The fraction of sp³-hybridized carbons (Fsp3) is 0.231. The fourth-order valence-corrected chi connectivity index (χ4v) is 5.14. The quantitative estimate of drug-likeness (QED) is 0.678. The Morgan fingerprint density at radius 3 is 2.31 bits per heavy atom. The molecule has 0 unspecified atom stereocenters. The molecule has 0 N–H and O–H groups in total. The van der Waals surface area contributed by atoms with E-state index in [0.29, 0.717) is 12.0 Å². The first kappa shape index (κ1) is 17.9. The van der Waals surface area contributed by atoms with Gasteiger partial charge in [-0.05, 0) is 48.6 Å². The van der Waals surface area contributed by atoms with Gasteiger partial charge in [0, 0.05) is 29.2 Å². The summed E-state index contributed by atoms with van der Waals surface area (Å²) >= 11 is 0. The second-order valence-corrected chi connectivity index (χ2v) is 8.14. The van der Waals surface area contributed by atoms with Crippen LogP contribution in [0.5, 0.6) is 0 Å². The number of benzene rings is 2. The van der Waals surface area contributed by atoms with Gasteiger partial charge in [0.05, 0.1) is 6.04 Å². The maximum atomic E-state index is 13.3. The molecule has 0 spiro atoms. The molecule has 3 nitrogen and oxygen atoms in total. The summed E-state index contributed by atoms with van der Waals surface area (Å²) in [5.74, 6) is 0.151. The molecular formula is C26H23NO2. The van der Waals surface area contributed by atoms with Crippen LogP contribution in [0.3, 0.4) is 0 Å². The van der Waals surface area contributed by atoms with Gasteiger partial charge in [-0.25, -0.2) is 0 Å². The zero-order valence-electron chi connectivity index (χ0n) is 16.5. The van der Waals surface area contributed by atoms with Crippen molar-refractivity contribution in [3.05, 3.63) is 95.1 Å². The predicted molar refractivity (Wildman–Crippen MR) is 115 cm³/mol. The summed E-state index contributed by atoms with van der Waals surface area (Å²) in [6.07, 6.45) is 2.20. The number of hydrogen-bond acceptors (Lipinski definition) is 2. The molecule has 1 amide bonds. The van der Waals surface area contributed by atoms with Gasteiger partial charge in [0.1, 0.15) is 0 Å². The highest BCUT2D eigenvalue weighted by molar-refractivity contribution is 6.27. The number of nitrogens with zero attached hydrogens (tertiary/aromatic N) is 1. The van der Waals surface area contributed by atoms with Crippen molar-refractivity contribution in [2.24, 2.45) is 5.92 Å². The average molecular weight is 381 g/mol. The van der Waals surface area contributed by atoms with Gasteiger partial charge < -0.3 is 4.90 Å². The number of carbonyl (C=O) groups excluding carboxylic acids is 2. The van der Waals surface area contributed by atoms with Crippen LogP contribution in [0.15, 0.2) is 89.5 Å². The Hall–Kier alpha value is -3.20. The second kappa shape index (κ2) is 6.70. The number of Topliss-reactive ketones (excluding diaryl/α,β-unsaturated/α-hetero) is 1. The average Bonchev–Trinajstić information content (AvgIpc) is 3.16. The number of fused-ring (bicyclic) bond motifs is 3. The molecule has 1 fully saturated rings. The molecule has 2 aromatic rings. The van der Waals surface area contributed by atoms with E-state index in [2.05, 4.69) is 13.5 Å². The third-order valence-corrected chi connectivity index (χ3v) is 6.55. The van der Waals surface area contributed by atoms with Gasteiger partial charge in [-0.1, -0.05) is 60.7 Å². The van der Waals surface area contributed by atoms with Crippen molar-refractivity contribution < 1.29 is 9.59 Å². The minimum atomic E-state index is -0.175. The van der Waals surface area contributed by atoms with Crippen LogP contribution in [0.2, 0.25) is 0 Å². The molecule has 0 saturated carbocycles. The third-order valence-electron chi connectivity index (χ3n) is 6.55. The van der Waals surface area contributed by atoms with E-state index in [1.54, 1.807) is 0 Å². The fourth-order valence-electron chi connectivity index (χ4n) is 5.14. The van der Waals surface area contributed by atoms with Crippen LogP contribution in [-0.2, 0) is 9.59 Å². The van der Waals surface area contributed by atoms with Gasteiger partial charge in [-0.2, -0.15) is 0 Å². The van der Waals surface area contributed by atoms with Crippen LogP contribution < -0.4 is 4.90 Å². The van der Waals surface area contributed by atoms with Gasteiger partial charge in [0.2, 0.25) is 0 Å². The van der Waals surface area contributed by atoms with E-state index < -0.39 is 0 Å². The van der Waals surface area contributed by atoms with Crippen molar-refractivity contribution in [1.29, 1.82) is 0 Å². The Morgan fingerprint density at radius 1 is 0.966 bits per heavy atom. The summed E-state index contributed by atoms with van der Waals surface area (Å²) in [5.41, 5.74) is 6.68. The van der Waals surface area contributed by atoms with Crippen molar-refractivity contribution in [2.45, 2.75) is 32.2 Å². The Bertz CT molecular complexity index is 1090. The number of hydrogen-bond donors (Lipinski definition) is 0. The number of allylic oxidation sites excluding steroid dienone is 2. The minimum Gasteiger partial charge on any atom is -0.301 e. The van der Waals surface area contributed by atoms with Crippen LogP contribution in [-0.4, -0.2) is 17.7 Å². The molecule has 1 saturated heterocycles. The molecule has 2 aliphatic carbocycles. The molecule has 0 radical (unpaired) electrons. The number of rotatable bonds is 2. The number of ketones is 1. The van der Waals surface area contributed by atoms with Crippen molar-refractivity contribution in [1.82, 2.24) is 0 Å². The molecule has 0 bridgehead atoms. The molecule has 29 heavy (non-hydrogen) atoms. The summed E-state index contributed by atoms with van der Waals surface area (Å²) in [6.45, 7) is 6.31. The van der Waals surface area contributed by atoms with Crippen LogP contribution in [0.25, 0.3) is 5.57 Å². The third kappa shape index (κ3) is 2.65. The van der Waals surface area contributed by atoms with Crippen LogP contribution in [0.4, 0.5) is 5.69 Å². The monoisotopic (exact) mass is 381 g/mol. The molecule has 144 valence electrons. The number of anilines is 1. The van der Waals surface area contributed by atoms with Crippen LogP contribution in [0.1, 0.15) is 31.7 Å². The van der Waals surface area contributed by atoms with Gasteiger partial charge in [-0.3, -0.25) is 9.59 Å². The first-order valence-electron chi connectivity index (χ1n) is 10.2. The van der Waals surface area contributed by atoms with Crippen molar-refractivity contribution in [3.63, 3.8) is 0 Å². The van der Waals surface area contributed by atoms with Crippen LogP contribution >= 0.6 is 0 Å². The predicted octanol–water partition coefficient (Wildman–Crippen LogP) is 5.11. The molecule has 1 heterocycles. The molecule has 2 atom stereocenters. The standard InChI is InChI=1S/C26H23NO2/c1-16-13-14-20-17(2)26(29)27(19-11-7-4-8-12-19)25(20)24-21(16)15-22(28)23(24)18-9-5-3-6-10-18/h3-12,20,25H,2,13-15H2,1H3/t20-,25-/m0/s1. The molecule has 3 aliphatic rings. The number of carbonyl (C=O) groups is 2. The number of para-hydroxylation sites is 1. The van der Waals surface area contributed by atoms with E-state index in [1.165, 1.54) is 5.57 Å². The van der Waals surface area contributed by atoms with E-state index >= 15 is 0 Å². The van der Waals surface area contributed by atoms with Crippen molar-refractivity contribution in [2.75, 3.05) is 4.90 Å². The lowest BCUT2D eigenvalue weighted by atomic mass is 9.86. The van der Waals surface area contributed by atoms with Crippen LogP contribution in [0, 0.1) is 5.92 Å². The molecular weight excluding hydrogens is 358 g/mol. The van der Waals surface area contributed by atoms with Gasteiger partial charge in [0.25, 0.3) is 5.91 Å². The van der Waals surface area contributed by atoms with E-state index in [1.807, 2.05) is 65.6 Å². The minimum absolute atomic E-state index is 0.0229. The largest absolute Gasteiger partial charge is 0.301 e. The van der Waals surface area contributed by atoms with Gasteiger partial charge in [-0.15, -0.1) is 0 Å². The van der Waals surface area contributed by atoms with E-state index in [-0.39, 0.29) is 23.7 Å². The second-order valence-electron chi connectivity index (χ2n) is 8.14.